The van der Waals surface area contributed by atoms with Crippen molar-refractivity contribution in [2.45, 2.75) is 32.7 Å². The second-order valence-electron chi connectivity index (χ2n) is 5.39. The molecule has 0 unspecified atom stereocenters. The number of amides is 1. The van der Waals surface area contributed by atoms with Crippen LogP contribution >= 0.6 is 0 Å². The van der Waals surface area contributed by atoms with Gasteiger partial charge in [-0.2, -0.15) is 0 Å². The van der Waals surface area contributed by atoms with Gasteiger partial charge in [0, 0.05) is 5.69 Å². The SMILES string of the molecule is Cc1cc(C)cc(NC(=O)CN2CCC[C@@H]2C(=O)O)c1. The molecule has 0 spiro atoms. The summed E-state index contributed by atoms with van der Waals surface area (Å²) in [4.78, 5) is 24.8. The molecule has 1 atom stereocenters. The molecule has 2 rings (SSSR count). The van der Waals surface area contributed by atoms with Crippen molar-refractivity contribution in [1.29, 1.82) is 0 Å². The summed E-state index contributed by atoms with van der Waals surface area (Å²) in [7, 11) is 0. The van der Waals surface area contributed by atoms with Gasteiger partial charge in [0.05, 0.1) is 6.54 Å². The molecule has 1 aliphatic heterocycles. The van der Waals surface area contributed by atoms with E-state index in [-0.39, 0.29) is 12.5 Å². The average Bonchev–Trinajstić information content (AvgIpc) is 2.75. The summed E-state index contributed by atoms with van der Waals surface area (Å²) < 4.78 is 0. The maximum absolute atomic E-state index is 12.0. The van der Waals surface area contributed by atoms with Gasteiger partial charge < -0.3 is 10.4 Å². The van der Waals surface area contributed by atoms with Gasteiger partial charge in [-0.25, -0.2) is 0 Å². The molecule has 1 aliphatic rings. The predicted octanol–water partition coefficient (Wildman–Crippen LogP) is 1.79. The molecule has 0 bridgehead atoms. The number of anilines is 1. The van der Waals surface area contributed by atoms with E-state index in [0.717, 1.165) is 23.2 Å². The van der Waals surface area contributed by atoms with Crippen LogP contribution in [0.25, 0.3) is 0 Å². The molecule has 0 saturated carbocycles. The van der Waals surface area contributed by atoms with Gasteiger partial charge in [0.15, 0.2) is 0 Å². The zero-order chi connectivity index (χ0) is 14.7. The molecule has 108 valence electrons. The van der Waals surface area contributed by atoms with Gasteiger partial charge >= 0.3 is 5.97 Å². The summed E-state index contributed by atoms with van der Waals surface area (Å²) in [5, 5.41) is 11.9. The summed E-state index contributed by atoms with van der Waals surface area (Å²) in [5.41, 5.74) is 2.94. The third-order valence-electron chi connectivity index (χ3n) is 3.50. The maximum Gasteiger partial charge on any atom is 0.320 e. The zero-order valence-corrected chi connectivity index (χ0v) is 11.8. The van der Waals surface area contributed by atoms with Crippen molar-refractivity contribution >= 4 is 17.6 Å². The fourth-order valence-corrected chi connectivity index (χ4v) is 2.73. The van der Waals surface area contributed by atoms with Crippen molar-refractivity contribution in [2.75, 3.05) is 18.4 Å². The first kappa shape index (κ1) is 14.5. The Kier molecular flexibility index (Phi) is 4.39. The Bertz CT molecular complexity index is 508. The molecule has 0 aromatic heterocycles. The Balaban J connectivity index is 1.97. The van der Waals surface area contributed by atoms with Crippen LogP contribution in [0.15, 0.2) is 18.2 Å². The number of benzene rings is 1. The van der Waals surface area contributed by atoms with Crippen molar-refractivity contribution in [3.63, 3.8) is 0 Å². The summed E-state index contributed by atoms with van der Waals surface area (Å²) in [6.07, 6.45) is 1.44. The zero-order valence-electron chi connectivity index (χ0n) is 11.8. The molecule has 1 aromatic carbocycles. The van der Waals surface area contributed by atoms with E-state index in [1.165, 1.54) is 0 Å². The van der Waals surface area contributed by atoms with Crippen LogP contribution in [0.4, 0.5) is 5.69 Å². The predicted molar refractivity (Wildman–Crippen MR) is 76.8 cm³/mol. The van der Waals surface area contributed by atoms with E-state index in [1.54, 1.807) is 4.90 Å². The van der Waals surface area contributed by atoms with E-state index in [1.807, 2.05) is 32.0 Å². The van der Waals surface area contributed by atoms with Crippen LogP contribution in [-0.4, -0.2) is 41.0 Å². The molecular weight excluding hydrogens is 256 g/mol. The minimum Gasteiger partial charge on any atom is -0.480 e. The van der Waals surface area contributed by atoms with Gasteiger partial charge in [0.1, 0.15) is 6.04 Å². The number of aliphatic carboxylic acids is 1. The molecule has 1 aromatic rings. The van der Waals surface area contributed by atoms with Crippen LogP contribution < -0.4 is 5.32 Å². The summed E-state index contributed by atoms with van der Waals surface area (Å²) in [6, 6.07) is 5.32. The molecular formula is C15H20N2O3. The number of aryl methyl sites for hydroxylation is 2. The van der Waals surface area contributed by atoms with Crippen molar-refractivity contribution in [2.24, 2.45) is 0 Å². The highest BCUT2D eigenvalue weighted by Gasteiger charge is 2.31. The summed E-state index contributed by atoms with van der Waals surface area (Å²) >= 11 is 0. The lowest BCUT2D eigenvalue weighted by Gasteiger charge is -2.20. The highest BCUT2D eigenvalue weighted by Crippen LogP contribution is 2.18. The van der Waals surface area contributed by atoms with Gasteiger partial charge in [-0.05, 0) is 56.5 Å². The van der Waals surface area contributed by atoms with Crippen LogP contribution in [0.3, 0.4) is 0 Å². The second-order valence-corrected chi connectivity index (χ2v) is 5.39. The van der Waals surface area contributed by atoms with Crippen molar-refractivity contribution in [3.8, 4) is 0 Å². The van der Waals surface area contributed by atoms with Gasteiger partial charge in [0.2, 0.25) is 5.91 Å². The van der Waals surface area contributed by atoms with Gasteiger partial charge in [-0.1, -0.05) is 6.07 Å². The number of likely N-dealkylation sites (tertiary alicyclic amines) is 1. The van der Waals surface area contributed by atoms with E-state index in [2.05, 4.69) is 5.32 Å². The van der Waals surface area contributed by atoms with E-state index in [0.29, 0.717) is 13.0 Å². The Morgan fingerprint density at radius 1 is 1.30 bits per heavy atom. The highest BCUT2D eigenvalue weighted by molar-refractivity contribution is 5.92. The van der Waals surface area contributed by atoms with E-state index < -0.39 is 12.0 Å². The topological polar surface area (TPSA) is 69.6 Å². The number of nitrogens with one attached hydrogen (secondary N) is 1. The van der Waals surface area contributed by atoms with Crippen molar-refractivity contribution < 1.29 is 14.7 Å². The lowest BCUT2D eigenvalue weighted by molar-refractivity contribution is -0.142. The van der Waals surface area contributed by atoms with E-state index >= 15 is 0 Å². The Morgan fingerprint density at radius 3 is 2.55 bits per heavy atom. The minimum atomic E-state index is -0.846. The first-order valence-electron chi connectivity index (χ1n) is 6.81. The Morgan fingerprint density at radius 2 is 1.95 bits per heavy atom. The average molecular weight is 276 g/mol. The minimum absolute atomic E-state index is 0.129. The van der Waals surface area contributed by atoms with Crippen LogP contribution in [-0.2, 0) is 9.59 Å². The number of carboxylic acid groups (broad SMARTS) is 1. The highest BCUT2D eigenvalue weighted by atomic mass is 16.4. The number of hydrogen-bond acceptors (Lipinski definition) is 3. The summed E-state index contributed by atoms with van der Waals surface area (Å²) in [5.74, 6) is -1.01. The van der Waals surface area contributed by atoms with Crippen molar-refractivity contribution in [1.82, 2.24) is 4.90 Å². The molecule has 1 heterocycles. The number of hydrogen-bond donors (Lipinski definition) is 2. The fraction of sp³-hybridized carbons (Fsp3) is 0.467. The van der Waals surface area contributed by atoms with Crippen LogP contribution in [0.1, 0.15) is 24.0 Å². The first-order chi connectivity index (χ1) is 9.45. The van der Waals surface area contributed by atoms with Crippen molar-refractivity contribution in [3.05, 3.63) is 29.3 Å². The van der Waals surface area contributed by atoms with Gasteiger partial charge in [0.25, 0.3) is 0 Å². The second kappa shape index (κ2) is 6.05. The molecule has 20 heavy (non-hydrogen) atoms. The van der Waals surface area contributed by atoms with E-state index in [9.17, 15) is 9.59 Å². The lowest BCUT2D eigenvalue weighted by Crippen LogP contribution is -2.40. The fourth-order valence-electron chi connectivity index (χ4n) is 2.73. The first-order valence-corrected chi connectivity index (χ1v) is 6.81. The standard InChI is InChI=1S/C15H20N2O3/c1-10-6-11(2)8-12(7-10)16-14(18)9-17-5-3-4-13(17)15(19)20/h6-8,13H,3-5,9H2,1-2H3,(H,16,18)(H,19,20)/t13-/m1/s1. The van der Waals surface area contributed by atoms with Crippen LogP contribution in [0.2, 0.25) is 0 Å². The molecule has 1 amide bonds. The van der Waals surface area contributed by atoms with Gasteiger partial charge in [-0.3, -0.25) is 14.5 Å². The van der Waals surface area contributed by atoms with E-state index in [4.69, 9.17) is 5.11 Å². The molecule has 0 aliphatic carbocycles. The largest absolute Gasteiger partial charge is 0.480 e. The molecule has 0 radical (unpaired) electrons. The van der Waals surface area contributed by atoms with Gasteiger partial charge in [-0.15, -0.1) is 0 Å². The normalized spacial score (nSPS) is 19.0. The molecule has 2 N–H and O–H groups in total. The maximum atomic E-state index is 12.0. The quantitative estimate of drug-likeness (QED) is 0.879. The monoisotopic (exact) mass is 276 g/mol. The van der Waals surface area contributed by atoms with Crippen LogP contribution in [0.5, 0.6) is 0 Å². The smallest absolute Gasteiger partial charge is 0.320 e. The molecule has 1 fully saturated rings. The Hall–Kier alpha value is -1.88. The Labute approximate surface area is 118 Å². The number of nitrogens with zero attached hydrogens (tertiary/aromatic N) is 1. The molecule has 5 nitrogen and oxygen atoms in total. The number of carbonyl (C=O) groups excluding carboxylic acids is 1. The molecule has 1 saturated heterocycles. The number of carbonyl (C=O) groups is 2. The number of rotatable bonds is 4. The third-order valence-corrected chi connectivity index (χ3v) is 3.50. The summed E-state index contributed by atoms with van der Waals surface area (Å²) in [6.45, 7) is 4.74. The van der Waals surface area contributed by atoms with Crippen LogP contribution in [0, 0.1) is 13.8 Å². The third kappa shape index (κ3) is 3.57. The number of carboxylic acids is 1. The molecule has 5 heteroatoms. The lowest BCUT2D eigenvalue weighted by atomic mass is 10.1.